The number of pyridine rings is 1. The van der Waals surface area contributed by atoms with E-state index in [4.69, 9.17) is 4.98 Å². The van der Waals surface area contributed by atoms with Crippen LogP contribution in [0.4, 0.5) is 10.5 Å². The fourth-order valence-electron chi connectivity index (χ4n) is 3.45. The number of anilines is 1. The molecule has 30 heavy (non-hydrogen) atoms. The van der Waals surface area contributed by atoms with Gasteiger partial charge in [-0.1, -0.05) is 42.5 Å². The summed E-state index contributed by atoms with van der Waals surface area (Å²) in [6.07, 6.45) is 2.40. The zero-order valence-corrected chi connectivity index (χ0v) is 17.2. The number of amides is 2. The normalized spacial score (nSPS) is 10.9. The third-order valence-corrected chi connectivity index (χ3v) is 5.04. The van der Waals surface area contributed by atoms with Crippen LogP contribution in [-0.2, 0) is 13.0 Å². The number of carbonyl (C=O) groups is 1. The number of fused-ring (bicyclic) bond motifs is 1. The number of nitrogens with one attached hydrogen (secondary N) is 2. The zero-order valence-electron chi connectivity index (χ0n) is 17.2. The second kappa shape index (κ2) is 8.78. The number of imidazole rings is 1. The fourth-order valence-corrected chi connectivity index (χ4v) is 3.45. The number of benzene rings is 2. The Labute approximate surface area is 176 Å². The lowest BCUT2D eigenvalue weighted by molar-refractivity contribution is 0.252. The van der Waals surface area contributed by atoms with Gasteiger partial charge in [-0.25, -0.2) is 14.8 Å². The molecule has 152 valence electrons. The molecule has 0 bridgehead atoms. The number of carbonyl (C=O) groups excluding carboxylic acids is 1. The molecule has 0 aliphatic rings. The molecule has 0 aliphatic heterocycles. The van der Waals surface area contributed by atoms with Gasteiger partial charge in [-0.3, -0.25) is 0 Å². The van der Waals surface area contributed by atoms with E-state index in [2.05, 4.69) is 32.3 Å². The van der Waals surface area contributed by atoms with E-state index in [1.165, 1.54) is 5.56 Å². The Morgan fingerprint density at radius 2 is 1.87 bits per heavy atom. The molecule has 6 heteroatoms. The zero-order chi connectivity index (χ0) is 20.9. The van der Waals surface area contributed by atoms with Crippen LogP contribution in [0.25, 0.3) is 11.2 Å². The van der Waals surface area contributed by atoms with Crippen molar-refractivity contribution in [1.29, 1.82) is 0 Å². The Hall–Kier alpha value is -3.67. The Bertz CT molecular complexity index is 1170. The Morgan fingerprint density at radius 3 is 2.70 bits per heavy atom. The van der Waals surface area contributed by atoms with Crippen LogP contribution < -0.4 is 10.6 Å². The summed E-state index contributed by atoms with van der Waals surface area (Å²) < 4.78 is 2.12. The molecule has 0 fully saturated rings. The number of hydrogen-bond donors (Lipinski definition) is 2. The van der Waals surface area contributed by atoms with Crippen molar-refractivity contribution in [3.05, 3.63) is 89.4 Å². The largest absolute Gasteiger partial charge is 0.337 e. The molecule has 4 rings (SSSR count). The van der Waals surface area contributed by atoms with Crippen LogP contribution in [0.3, 0.4) is 0 Å². The molecule has 4 aromatic rings. The number of hydrogen-bond acceptors (Lipinski definition) is 3. The topological polar surface area (TPSA) is 71.8 Å². The van der Waals surface area contributed by atoms with E-state index < -0.39 is 0 Å². The molecule has 0 atom stereocenters. The summed E-state index contributed by atoms with van der Waals surface area (Å²) >= 11 is 0. The van der Waals surface area contributed by atoms with Crippen molar-refractivity contribution in [2.45, 2.75) is 26.8 Å². The summed E-state index contributed by atoms with van der Waals surface area (Å²) in [7, 11) is 0. The van der Waals surface area contributed by atoms with E-state index >= 15 is 0 Å². The molecule has 0 spiro atoms. The highest BCUT2D eigenvalue weighted by Gasteiger charge is 2.12. The highest BCUT2D eigenvalue weighted by atomic mass is 16.2. The molecular formula is C24H25N5O. The van der Waals surface area contributed by atoms with Gasteiger partial charge in [-0.05, 0) is 48.7 Å². The van der Waals surface area contributed by atoms with Crippen molar-refractivity contribution in [3.63, 3.8) is 0 Å². The number of rotatable bonds is 6. The lowest BCUT2D eigenvalue weighted by Gasteiger charge is -2.12. The standard InChI is InChI=1S/C24H25N5O/c1-17-10-11-18(2)21(15-17)28-24(30)26-14-12-22-27-20-9-6-13-25-23(20)29(22)16-19-7-4-3-5-8-19/h3-11,13,15H,12,14,16H2,1-2H3,(H2,26,28,30). The Kier molecular flexibility index (Phi) is 5.75. The average molecular weight is 399 g/mol. The maximum absolute atomic E-state index is 12.4. The van der Waals surface area contributed by atoms with Crippen LogP contribution >= 0.6 is 0 Å². The van der Waals surface area contributed by atoms with Gasteiger partial charge < -0.3 is 15.2 Å². The summed E-state index contributed by atoms with van der Waals surface area (Å²) in [5.74, 6) is 0.902. The van der Waals surface area contributed by atoms with E-state index in [1.54, 1.807) is 6.20 Å². The Morgan fingerprint density at radius 1 is 1.03 bits per heavy atom. The van der Waals surface area contributed by atoms with Crippen LogP contribution in [-0.4, -0.2) is 27.1 Å². The van der Waals surface area contributed by atoms with Gasteiger partial charge >= 0.3 is 6.03 Å². The highest BCUT2D eigenvalue weighted by molar-refractivity contribution is 5.90. The predicted molar refractivity (Wildman–Crippen MR) is 120 cm³/mol. The maximum atomic E-state index is 12.4. The summed E-state index contributed by atoms with van der Waals surface area (Å²) in [4.78, 5) is 21.6. The second-order valence-corrected chi connectivity index (χ2v) is 7.40. The second-order valence-electron chi connectivity index (χ2n) is 7.40. The number of urea groups is 1. The molecule has 6 nitrogen and oxygen atoms in total. The summed E-state index contributed by atoms with van der Waals surface area (Å²) in [6, 6.07) is 19.9. The quantitative estimate of drug-likeness (QED) is 0.503. The van der Waals surface area contributed by atoms with Crippen molar-refractivity contribution >= 4 is 22.9 Å². The molecule has 0 aliphatic carbocycles. The van der Waals surface area contributed by atoms with Crippen molar-refractivity contribution in [1.82, 2.24) is 19.9 Å². The minimum Gasteiger partial charge on any atom is -0.337 e. The van der Waals surface area contributed by atoms with Gasteiger partial charge in [0.15, 0.2) is 5.65 Å². The lowest BCUT2D eigenvalue weighted by Crippen LogP contribution is -2.31. The van der Waals surface area contributed by atoms with E-state index in [9.17, 15) is 4.79 Å². The van der Waals surface area contributed by atoms with Crippen LogP contribution in [0.1, 0.15) is 22.5 Å². The van der Waals surface area contributed by atoms with Gasteiger partial charge in [-0.15, -0.1) is 0 Å². The van der Waals surface area contributed by atoms with E-state index in [0.29, 0.717) is 19.5 Å². The Balaban J connectivity index is 1.45. The molecule has 0 saturated heterocycles. The SMILES string of the molecule is Cc1ccc(C)c(NC(=O)NCCc2nc3cccnc3n2Cc2ccccc2)c1. The average Bonchev–Trinajstić information content (AvgIpc) is 3.09. The van der Waals surface area contributed by atoms with Gasteiger partial charge in [-0.2, -0.15) is 0 Å². The van der Waals surface area contributed by atoms with Gasteiger partial charge in [0.1, 0.15) is 11.3 Å². The van der Waals surface area contributed by atoms with Crippen LogP contribution in [0.5, 0.6) is 0 Å². The van der Waals surface area contributed by atoms with Gasteiger partial charge in [0, 0.05) is 24.8 Å². The minimum atomic E-state index is -0.215. The first-order valence-electron chi connectivity index (χ1n) is 10.1. The molecule has 0 unspecified atom stereocenters. The molecule has 2 amide bonds. The van der Waals surface area contributed by atoms with E-state index in [0.717, 1.165) is 33.8 Å². The molecule has 2 N–H and O–H groups in total. The molecule has 0 saturated carbocycles. The first kappa shape index (κ1) is 19.6. The van der Waals surface area contributed by atoms with E-state index in [1.807, 2.05) is 62.4 Å². The van der Waals surface area contributed by atoms with Crippen LogP contribution in [0.2, 0.25) is 0 Å². The maximum Gasteiger partial charge on any atom is 0.319 e. The van der Waals surface area contributed by atoms with Crippen LogP contribution in [0, 0.1) is 13.8 Å². The van der Waals surface area contributed by atoms with Crippen molar-refractivity contribution in [2.75, 3.05) is 11.9 Å². The van der Waals surface area contributed by atoms with Gasteiger partial charge in [0.05, 0.1) is 6.54 Å². The minimum absolute atomic E-state index is 0.215. The molecular weight excluding hydrogens is 374 g/mol. The van der Waals surface area contributed by atoms with Gasteiger partial charge in [0.25, 0.3) is 0 Å². The van der Waals surface area contributed by atoms with Crippen molar-refractivity contribution in [3.8, 4) is 0 Å². The van der Waals surface area contributed by atoms with Gasteiger partial charge in [0.2, 0.25) is 0 Å². The van der Waals surface area contributed by atoms with E-state index in [-0.39, 0.29) is 6.03 Å². The first-order valence-corrected chi connectivity index (χ1v) is 10.1. The molecule has 2 aromatic heterocycles. The summed E-state index contributed by atoms with van der Waals surface area (Å²) in [6.45, 7) is 5.16. The van der Waals surface area contributed by atoms with Crippen molar-refractivity contribution in [2.24, 2.45) is 0 Å². The third-order valence-electron chi connectivity index (χ3n) is 5.04. The van der Waals surface area contributed by atoms with Crippen LogP contribution in [0.15, 0.2) is 66.9 Å². The summed E-state index contributed by atoms with van der Waals surface area (Å²) in [5, 5.41) is 5.87. The smallest absolute Gasteiger partial charge is 0.319 e. The van der Waals surface area contributed by atoms with Crippen molar-refractivity contribution < 1.29 is 4.79 Å². The summed E-state index contributed by atoms with van der Waals surface area (Å²) in [5.41, 5.74) is 5.88. The molecule has 0 radical (unpaired) electrons. The lowest BCUT2D eigenvalue weighted by atomic mass is 10.1. The fraction of sp³-hybridized carbons (Fsp3) is 0.208. The third kappa shape index (κ3) is 4.49. The molecule has 2 heterocycles. The first-order chi connectivity index (χ1) is 14.6. The number of aryl methyl sites for hydroxylation is 2. The molecule has 2 aromatic carbocycles. The number of nitrogens with zero attached hydrogens (tertiary/aromatic N) is 3. The predicted octanol–water partition coefficient (Wildman–Crippen LogP) is 4.46. The monoisotopic (exact) mass is 399 g/mol. The highest BCUT2D eigenvalue weighted by Crippen LogP contribution is 2.17. The number of aromatic nitrogens is 3.